The SMILES string of the molecule is CCOc1ncccc1CNC(=O)Cc1ccc(Cl)cc1. The second-order valence-electron chi connectivity index (χ2n) is 4.48. The zero-order valence-electron chi connectivity index (χ0n) is 11.8. The Kier molecular flexibility index (Phi) is 5.58. The van der Waals surface area contributed by atoms with Crippen molar-refractivity contribution in [3.63, 3.8) is 0 Å². The Labute approximate surface area is 129 Å². The summed E-state index contributed by atoms with van der Waals surface area (Å²) in [6.45, 7) is 2.84. The topological polar surface area (TPSA) is 51.2 Å². The van der Waals surface area contributed by atoms with Crippen molar-refractivity contribution < 1.29 is 9.53 Å². The third-order valence-corrected chi connectivity index (χ3v) is 3.14. The van der Waals surface area contributed by atoms with Gasteiger partial charge in [-0.25, -0.2) is 4.98 Å². The molecule has 5 heteroatoms. The van der Waals surface area contributed by atoms with Gasteiger partial charge in [0.2, 0.25) is 11.8 Å². The van der Waals surface area contributed by atoms with Crippen LogP contribution in [0, 0.1) is 0 Å². The number of ether oxygens (including phenoxy) is 1. The lowest BCUT2D eigenvalue weighted by Crippen LogP contribution is -2.25. The van der Waals surface area contributed by atoms with E-state index >= 15 is 0 Å². The van der Waals surface area contributed by atoms with Crippen molar-refractivity contribution in [2.75, 3.05) is 6.61 Å². The molecule has 1 aromatic heterocycles. The summed E-state index contributed by atoms with van der Waals surface area (Å²) >= 11 is 5.82. The number of halogens is 1. The van der Waals surface area contributed by atoms with Crippen molar-refractivity contribution in [3.8, 4) is 5.88 Å². The lowest BCUT2D eigenvalue weighted by molar-refractivity contribution is -0.120. The maximum Gasteiger partial charge on any atom is 0.224 e. The Morgan fingerprint density at radius 1 is 1.29 bits per heavy atom. The van der Waals surface area contributed by atoms with Crippen molar-refractivity contribution in [2.45, 2.75) is 19.9 Å². The summed E-state index contributed by atoms with van der Waals surface area (Å²) in [5, 5.41) is 3.53. The molecule has 4 nitrogen and oxygen atoms in total. The number of nitrogens with one attached hydrogen (secondary N) is 1. The van der Waals surface area contributed by atoms with Gasteiger partial charge in [0.1, 0.15) is 0 Å². The molecule has 0 spiro atoms. The van der Waals surface area contributed by atoms with Crippen LogP contribution in [0.25, 0.3) is 0 Å². The summed E-state index contributed by atoms with van der Waals surface area (Å²) in [7, 11) is 0. The van der Waals surface area contributed by atoms with Crippen LogP contribution in [-0.4, -0.2) is 17.5 Å². The zero-order valence-corrected chi connectivity index (χ0v) is 12.6. The molecule has 0 aliphatic carbocycles. The second kappa shape index (κ2) is 7.64. The molecule has 0 fully saturated rings. The van der Waals surface area contributed by atoms with Crippen molar-refractivity contribution in [3.05, 3.63) is 58.7 Å². The Morgan fingerprint density at radius 3 is 2.76 bits per heavy atom. The van der Waals surface area contributed by atoms with E-state index in [1.54, 1.807) is 18.3 Å². The normalized spacial score (nSPS) is 10.2. The first-order chi connectivity index (χ1) is 10.2. The quantitative estimate of drug-likeness (QED) is 0.892. The van der Waals surface area contributed by atoms with Gasteiger partial charge in [0.15, 0.2) is 0 Å². The Morgan fingerprint density at radius 2 is 2.05 bits per heavy atom. The lowest BCUT2D eigenvalue weighted by Gasteiger charge is -2.10. The van der Waals surface area contributed by atoms with E-state index in [4.69, 9.17) is 16.3 Å². The van der Waals surface area contributed by atoms with E-state index in [1.807, 2.05) is 31.2 Å². The molecule has 0 saturated heterocycles. The van der Waals surface area contributed by atoms with Crippen LogP contribution >= 0.6 is 11.6 Å². The summed E-state index contributed by atoms with van der Waals surface area (Å²) in [4.78, 5) is 16.1. The maximum atomic E-state index is 11.9. The highest BCUT2D eigenvalue weighted by atomic mass is 35.5. The van der Waals surface area contributed by atoms with Crippen LogP contribution < -0.4 is 10.1 Å². The van der Waals surface area contributed by atoms with E-state index in [1.165, 1.54) is 0 Å². The minimum atomic E-state index is -0.0522. The fourth-order valence-electron chi connectivity index (χ4n) is 1.87. The number of carbonyl (C=O) groups excluding carboxylic acids is 1. The van der Waals surface area contributed by atoms with Gasteiger partial charge in [0.25, 0.3) is 0 Å². The average molecular weight is 305 g/mol. The predicted molar refractivity (Wildman–Crippen MR) is 82.4 cm³/mol. The van der Waals surface area contributed by atoms with E-state index in [0.29, 0.717) is 30.5 Å². The van der Waals surface area contributed by atoms with Gasteiger partial charge in [-0.05, 0) is 30.7 Å². The molecule has 1 heterocycles. The highest BCUT2D eigenvalue weighted by Gasteiger charge is 2.07. The molecule has 2 rings (SSSR count). The van der Waals surface area contributed by atoms with Gasteiger partial charge in [-0.3, -0.25) is 4.79 Å². The first-order valence-electron chi connectivity index (χ1n) is 6.77. The van der Waals surface area contributed by atoms with E-state index in [-0.39, 0.29) is 5.91 Å². The van der Waals surface area contributed by atoms with Gasteiger partial charge < -0.3 is 10.1 Å². The number of nitrogens with zero attached hydrogens (tertiary/aromatic N) is 1. The summed E-state index contributed by atoms with van der Waals surface area (Å²) < 4.78 is 5.42. The molecule has 110 valence electrons. The molecule has 0 aliphatic rings. The van der Waals surface area contributed by atoms with Gasteiger partial charge >= 0.3 is 0 Å². The molecule has 0 saturated carbocycles. The van der Waals surface area contributed by atoms with Crippen LogP contribution in [-0.2, 0) is 17.8 Å². The Bertz CT molecular complexity index is 599. The smallest absolute Gasteiger partial charge is 0.224 e. The van der Waals surface area contributed by atoms with Crippen LogP contribution in [0.5, 0.6) is 5.88 Å². The summed E-state index contributed by atoms with van der Waals surface area (Å²) in [5.74, 6) is 0.510. The van der Waals surface area contributed by atoms with Gasteiger partial charge in [-0.1, -0.05) is 29.8 Å². The predicted octanol–water partition coefficient (Wildman–Crippen LogP) is 2.99. The molecule has 0 bridgehead atoms. The zero-order chi connectivity index (χ0) is 15.1. The monoisotopic (exact) mass is 304 g/mol. The minimum Gasteiger partial charge on any atom is -0.478 e. The number of rotatable bonds is 6. The average Bonchev–Trinajstić information content (AvgIpc) is 2.49. The van der Waals surface area contributed by atoms with Crippen LogP contribution in [0.4, 0.5) is 0 Å². The number of aromatic nitrogens is 1. The Balaban J connectivity index is 1.90. The number of hydrogen-bond donors (Lipinski definition) is 1. The number of pyridine rings is 1. The van der Waals surface area contributed by atoms with Crippen LogP contribution in [0.1, 0.15) is 18.1 Å². The highest BCUT2D eigenvalue weighted by molar-refractivity contribution is 6.30. The van der Waals surface area contributed by atoms with Crippen molar-refractivity contribution >= 4 is 17.5 Å². The molecule has 21 heavy (non-hydrogen) atoms. The molecule has 0 atom stereocenters. The summed E-state index contributed by atoms with van der Waals surface area (Å²) in [5.41, 5.74) is 1.79. The molecule has 0 radical (unpaired) electrons. The van der Waals surface area contributed by atoms with E-state index in [0.717, 1.165) is 11.1 Å². The molecular weight excluding hydrogens is 288 g/mol. The third-order valence-electron chi connectivity index (χ3n) is 2.88. The fraction of sp³-hybridized carbons (Fsp3) is 0.250. The van der Waals surface area contributed by atoms with Crippen LogP contribution in [0.2, 0.25) is 5.02 Å². The van der Waals surface area contributed by atoms with Gasteiger partial charge in [-0.15, -0.1) is 0 Å². The fourth-order valence-corrected chi connectivity index (χ4v) is 2.00. The van der Waals surface area contributed by atoms with Gasteiger partial charge in [-0.2, -0.15) is 0 Å². The molecule has 1 aromatic carbocycles. The van der Waals surface area contributed by atoms with Crippen molar-refractivity contribution in [1.82, 2.24) is 10.3 Å². The lowest BCUT2D eigenvalue weighted by atomic mass is 10.1. The number of carbonyl (C=O) groups is 1. The molecular formula is C16H17ClN2O2. The summed E-state index contributed by atoms with van der Waals surface area (Å²) in [6, 6.07) is 11.0. The first kappa shape index (κ1) is 15.3. The van der Waals surface area contributed by atoms with Gasteiger partial charge in [0.05, 0.1) is 13.0 Å². The highest BCUT2D eigenvalue weighted by Crippen LogP contribution is 2.14. The Hall–Kier alpha value is -2.07. The van der Waals surface area contributed by atoms with Crippen molar-refractivity contribution in [2.24, 2.45) is 0 Å². The van der Waals surface area contributed by atoms with E-state index < -0.39 is 0 Å². The van der Waals surface area contributed by atoms with Crippen LogP contribution in [0.3, 0.4) is 0 Å². The standard InChI is InChI=1S/C16H17ClN2O2/c1-2-21-16-13(4-3-9-18-16)11-19-15(20)10-12-5-7-14(17)8-6-12/h3-9H,2,10-11H2,1H3,(H,19,20). The van der Waals surface area contributed by atoms with E-state index in [2.05, 4.69) is 10.3 Å². The third kappa shape index (κ3) is 4.76. The minimum absolute atomic E-state index is 0.0522. The largest absolute Gasteiger partial charge is 0.478 e. The number of benzene rings is 1. The maximum absolute atomic E-state index is 11.9. The number of hydrogen-bond acceptors (Lipinski definition) is 3. The molecule has 0 aliphatic heterocycles. The molecule has 2 aromatic rings. The van der Waals surface area contributed by atoms with Gasteiger partial charge in [0, 0.05) is 23.3 Å². The summed E-state index contributed by atoms with van der Waals surface area (Å²) in [6.07, 6.45) is 1.99. The number of amides is 1. The van der Waals surface area contributed by atoms with E-state index in [9.17, 15) is 4.79 Å². The molecule has 1 amide bonds. The second-order valence-corrected chi connectivity index (χ2v) is 4.92. The van der Waals surface area contributed by atoms with Crippen molar-refractivity contribution in [1.29, 1.82) is 0 Å². The first-order valence-corrected chi connectivity index (χ1v) is 7.14. The molecule has 0 unspecified atom stereocenters. The molecule has 1 N–H and O–H groups in total. The van der Waals surface area contributed by atoms with Crippen LogP contribution in [0.15, 0.2) is 42.6 Å².